The van der Waals surface area contributed by atoms with Gasteiger partial charge in [-0.2, -0.15) is 0 Å². The van der Waals surface area contributed by atoms with Crippen LogP contribution in [0.25, 0.3) is 0 Å². The number of rotatable bonds is 7. The largest absolute Gasteiger partial charge is 0.415 e. The first-order chi connectivity index (χ1) is 11.9. The minimum Gasteiger partial charge on any atom is -0.415 e. The van der Waals surface area contributed by atoms with Gasteiger partial charge in [0.1, 0.15) is 0 Å². The van der Waals surface area contributed by atoms with Crippen LogP contribution in [-0.4, -0.2) is 48.2 Å². The summed E-state index contributed by atoms with van der Waals surface area (Å²) in [6.45, 7) is 16.5. The van der Waals surface area contributed by atoms with Crippen molar-refractivity contribution in [2.75, 3.05) is 13.2 Å². The molecule has 0 N–H and O–H groups in total. The van der Waals surface area contributed by atoms with Crippen molar-refractivity contribution in [2.45, 2.75) is 65.2 Å². The number of likely N-dealkylation sites (tertiary alicyclic amines) is 1. The molecule has 4 nitrogen and oxygen atoms in total. The number of carbonyl (C=O) groups excluding carboxylic acids is 1. The molecule has 1 aromatic heterocycles. The summed E-state index contributed by atoms with van der Waals surface area (Å²) in [7, 11) is -1.79. The van der Waals surface area contributed by atoms with Crippen molar-refractivity contribution >= 4 is 31.3 Å². The average molecular weight is 393 g/mol. The smallest absolute Gasteiger partial charge is 0.225 e. The van der Waals surface area contributed by atoms with E-state index < -0.39 is 8.32 Å². The fourth-order valence-corrected chi connectivity index (χ4v) is 4.17. The second kappa shape index (κ2) is 7.86. The molecular weight excluding hydrogens is 360 g/mol. The normalized spacial score (nSPS) is 19.3. The predicted octanol–water partition coefficient (Wildman–Crippen LogP) is 4.37. The molecule has 1 unspecified atom stereocenters. The quantitative estimate of drug-likeness (QED) is 0.299. The Kier molecular flexibility index (Phi) is 6.41. The van der Waals surface area contributed by atoms with E-state index in [9.17, 15) is 4.79 Å². The molecule has 1 saturated heterocycles. The standard InChI is InChI=1S/C20H32N2O2SSi/c1-14-8-9-16(21-13-14)19(25)15(2)17-12-18(23)22(17)10-11-24-26(6,7)20(3,4)5/h8-9,13,15,17H,10-12H2,1-7H3/t15-,17?/m1/s1. The van der Waals surface area contributed by atoms with Crippen molar-refractivity contribution in [2.24, 2.45) is 5.92 Å². The van der Waals surface area contributed by atoms with E-state index in [-0.39, 0.29) is 22.9 Å². The number of aromatic nitrogens is 1. The number of amides is 1. The van der Waals surface area contributed by atoms with E-state index in [4.69, 9.17) is 16.6 Å². The molecule has 0 bridgehead atoms. The number of hydrogen-bond acceptors (Lipinski definition) is 4. The third-order valence-corrected chi connectivity index (χ3v) is 11.0. The summed E-state index contributed by atoms with van der Waals surface area (Å²) in [6, 6.07) is 4.15. The third kappa shape index (κ3) is 4.59. The van der Waals surface area contributed by atoms with E-state index in [2.05, 4.69) is 45.8 Å². The Labute approximate surface area is 164 Å². The van der Waals surface area contributed by atoms with Gasteiger partial charge >= 0.3 is 0 Å². The minimum atomic E-state index is -1.79. The summed E-state index contributed by atoms with van der Waals surface area (Å²) < 4.78 is 6.23. The highest BCUT2D eigenvalue weighted by Crippen LogP contribution is 2.36. The number of pyridine rings is 1. The zero-order chi connectivity index (χ0) is 19.7. The van der Waals surface area contributed by atoms with Crippen molar-refractivity contribution in [1.82, 2.24) is 9.88 Å². The molecule has 1 aromatic rings. The van der Waals surface area contributed by atoms with Gasteiger partial charge in [0.15, 0.2) is 8.32 Å². The Morgan fingerprint density at radius 3 is 2.58 bits per heavy atom. The first-order valence-electron chi connectivity index (χ1n) is 9.34. The molecule has 1 aliphatic heterocycles. The van der Waals surface area contributed by atoms with Crippen LogP contribution < -0.4 is 0 Å². The van der Waals surface area contributed by atoms with Crippen molar-refractivity contribution < 1.29 is 9.22 Å². The van der Waals surface area contributed by atoms with Gasteiger partial charge in [-0.1, -0.05) is 46.0 Å². The molecule has 0 aliphatic carbocycles. The maximum Gasteiger partial charge on any atom is 0.225 e. The fourth-order valence-electron chi connectivity index (χ4n) is 2.85. The molecule has 2 atom stereocenters. The van der Waals surface area contributed by atoms with Crippen LogP contribution in [0.15, 0.2) is 18.3 Å². The molecule has 144 valence electrons. The number of β-lactam (4-membered cyclic amide) rings is 1. The third-order valence-electron chi connectivity index (χ3n) is 5.86. The predicted molar refractivity (Wildman–Crippen MR) is 113 cm³/mol. The Balaban J connectivity index is 1.95. The second-order valence-electron chi connectivity index (χ2n) is 8.84. The van der Waals surface area contributed by atoms with Crippen LogP contribution >= 0.6 is 12.2 Å². The number of thiocarbonyl (C=S) groups is 1. The molecule has 0 radical (unpaired) electrons. The summed E-state index contributed by atoms with van der Waals surface area (Å²) in [5, 5.41) is 0.178. The van der Waals surface area contributed by atoms with E-state index in [1.165, 1.54) is 0 Å². The summed E-state index contributed by atoms with van der Waals surface area (Å²) in [4.78, 5) is 19.3. The van der Waals surface area contributed by atoms with Gasteiger partial charge in [-0.25, -0.2) is 0 Å². The molecule has 26 heavy (non-hydrogen) atoms. The lowest BCUT2D eigenvalue weighted by Gasteiger charge is -2.45. The van der Waals surface area contributed by atoms with Gasteiger partial charge in [0.05, 0.1) is 12.3 Å². The second-order valence-corrected chi connectivity index (χ2v) is 14.1. The summed E-state index contributed by atoms with van der Waals surface area (Å²) in [5.41, 5.74) is 1.96. The van der Waals surface area contributed by atoms with E-state index in [1.54, 1.807) is 0 Å². The molecule has 2 heterocycles. The number of nitrogens with zero attached hydrogens (tertiary/aromatic N) is 2. The highest BCUT2D eigenvalue weighted by atomic mass is 32.1. The highest BCUT2D eigenvalue weighted by molar-refractivity contribution is 7.80. The molecule has 6 heteroatoms. The molecule has 1 fully saturated rings. The number of carbonyl (C=O) groups is 1. The zero-order valence-corrected chi connectivity index (χ0v) is 18.9. The van der Waals surface area contributed by atoms with Gasteiger partial charge in [0.2, 0.25) is 5.91 Å². The van der Waals surface area contributed by atoms with Crippen LogP contribution in [0.1, 0.15) is 45.4 Å². The summed E-state index contributed by atoms with van der Waals surface area (Å²) in [5.74, 6) is 0.311. The molecule has 0 aromatic carbocycles. The van der Waals surface area contributed by atoms with E-state index in [0.717, 1.165) is 16.1 Å². The van der Waals surface area contributed by atoms with Crippen LogP contribution in [0.4, 0.5) is 0 Å². The first kappa shape index (κ1) is 21.2. The summed E-state index contributed by atoms with van der Waals surface area (Å²) in [6.07, 6.45) is 2.40. The molecule has 0 saturated carbocycles. The summed E-state index contributed by atoms with van der Waals surface area (Å²) >= 11 is 5.65. The molecule has 1 amide bonds. The van der Waals surface area contributed by atoms with Crippen molar-refractivity contribution in [3.8, 4) is 0 Å². The van der Waals surface area contributed by atoms with Crippen LogP contribution in [0.3, 0.4) is 0 Å². The maximum absolute atomic E-state index is 12.1. The fraction of sp³-hybridized carbons (Fsp3) is 0.650. The average Bonchev–Trinajstić information content (AvgIpc) is 2.54. The van der Waals surface area contributed by atoms with Gasteiger partial charge < -0.3 is 9.33 Å². The minimum absolute atomic E-state index is 0.116. The maximum atomic E-state index is 12.1. The van der Waals surface area contributed by atoms with Crippen LogP contribution in [0, 0.1) is 12.8 Å². The zero-order valence-electron chi connectivity index (χ0n) is 17.1. The highest BCUT2D eigenvalue weighted by Gasteiger charge is 2.42. The van der Waals surface area contributed by atoms with E-state index >= 15 is 0 Å². The lowest BCUT2D eigenvalue weighted by molar-refractivity contribution is -0.147. The van der Waals surface area contributed by atoms with Gasteiger partial charge in [0, 0.05) is 36.0 Å². The molecule has 0 spiro atoms. The van der Waals surface area contributed by atoms with Crippen molar-refractivity contribution in [3.05, 3.63) is 29.6 Å². The van der Waals surface area contributed by atoms with Gasteiger partial charge in [-0.3, -0.25) is 9.78 Å². The Bertz CT molecular complexity index is 667. The topological polar surface area (TPSA) is 42.4 Å². The van der Waals surface area contributed by atoms with Gasteiger partial charge in [0.25, 0.3) is 0 Å². The van der Waals surface area contributed by atoms with E-state index in [1.807, 2.05) is 30.2 Å². The van der Waals surface area contributed by atoms with E-state index in [0.29, 0.717) is 19.6 Å². The Morgan fingerprint density at radius 2 is 2.08 bits per heavy atom. The van der Waals surface area contributed by atoms with Gasteiger partial charge in [-0.15, -0.1) is 0 Å². The lowest BCUT2D eigenvalue weighted by atomic mass is 9.86. The molecule has 1 aliphatic rings. The van der Waals surface area contributed by atoms with Crippen molar-refractivity contribution in [1.29, 1.82) is 0 Å². The number of hydrogen-bond donors (Lipinski definition) is 0. The monoisotopic (exact) mass is 392 g/mol. The van der Waals surface area contributed by atoms with Crippen molar-refractivity contribution in [3.63, 3.8) is 0 Å². The van der Waals surface area contributed by atoms with Crippen LogP contribution in [0.2, 0.25) is 18.1 Å². The molecule has 2 rings (SSSR count). The first-order valence-corrected chi connectivity index (χ1v) is 12.7. The lowest BCUT2D eigenvalue weighted by Crippen LogP contribution is -2.58. The Hall–Kier alpha value is -1.11. The van der Waals surface area contributed by atoms with Crippen LogP contribution in [0.5, 0.6) is 0 Å². The van der Waals surface area contributed by atoms with Crippen LogP contribution in [-0.2, 0) is 9.22 Å². The Morgan fingerprint density at radius 1 is 1.42 bits per heavy atom. The SMILES string of the molecule is Cc1ccc(C(=S)[C@H](C)C2CC(=O)N2CCO[Si](C)(C)C(C)(C)C)nc1. The van der Waals surface area contributed by atoms with Gasteiger partial charge in [-0.05, 0) is 36.7 Å². The molecular formula is C20H32N2O2SSi. The number of aryl methyl sites for hydroxylation is 1.